The number of nitrogens with one attached hydrogen (secondary N) is 3. The molecule has 0 unspecified atom stereocenters. The van der Waals surface area contributed by atoms with Crippen molar-refractivity contribution in [3.63, 3.8) is 0 Å². The first-order chi connectivity index (χ1) is 19.0. The van der Waals surface area contributed by atoms with Gasteiger partial charge in [0.2, 0.25) is 0 Å². The zero-order valence-electron chi connectivity index (χ0n) is 22.8. The molecular weight excluding hydrogens is 514 g/mol. The smallest absolute Gasteiger partial charge is 0.318 e. The van der Waals surface area contributed by atoms with Gasteiger partial charge in [0.25, 0.3) is 0 Å². The molecule has 3 N–H and O–H groups in total. The number of fused-ring (bicyclic) bond motifs is 2. The molecule has 3 heterocycles. The number of likely N-dealkylation sites (N-methyl/N-ethyl adjacent to an activating group) is 1. The molecule has 0 aliphatic carbocycles. The lowest BCUT2D eigenvalue weighted by Crippen LogP contribution is -2.39. The Labute approximate surface area is 235 Å². The van der Waals surface area contributed by atoms with Crippen molar-refractivity contribution in [2.75, 3.05) is 62.5 Å². The number of benzene rings is 2. The summed E-state index contributed by atoms with van der Waals surface area (Å²) < 4.78 is 6.17. The van der Waals surface area contributed by atoms with Gasteiger partial charge in [-0.25, -0.2) is 4.79 Å². The van der Waals surface area contributed by atoms with E-state index in [-0.39, 0.29) is 6.03 Å². The molecule has 1 fully saturated rings. The van der Waals surface area contributed by atoms with Gasteiger partial charge in [-0.05, 0) is 56.8 Å². The Morgan fingerprint density at radius 1 is 1.10 bits per heavy atom. The van der Waals surface area contributed by atoms with E-state index in [0.29, 0.717) is 50.7 Å². The molecule has 9 nitrogen and oxygen atoms in total. The van der Waals surface area contributed by atoms with Crippen molar-refractivity contribution in [1.29, 1.82) is 0 Å². The maximum Gasteiger partial charge on any atom is 0.318 e. The maximum atomic E-state index is 11.9. The van der Waals surface area contributed by atoms with Gasteiger partial charge in [0.05, 0.1) is 12.2 Å². The lowest BCUT2D eigenvalue weighted by molar-refractivity contribution is 0.187. The molecule has 1 atom stereocenters. The molecule has 0 bridgehead atoms. The molecule has 0 spiro atoms. The van der Waals surface area contributed by atoms with Gasteiger partial charge in [0.1, 0.15) is 12.4 Å². The van der Waals surface area contributed by atoms with Crippen molar-refractivity contribution in [3.8, 4) is 6.01 Å². The summed E-state index contributed by atoms with van der Waals surface area (Å²) in [4.78, 5) is 26.3. The van der Waals surface area contributed by atoms with Crippen LogP contribution in [0, 0.1) is 6.92 Å². The summed E-state index contributed by atoms with van der Waals surface area (Å²) >= 11 is 5.64. The summed E-state index contributed by atoms with van der Waals surface area (Å²) in [5.74, 6) is 1.17. The molecule has 39 heavy (non-hydrogen) atoms. The molecule has 2 amide bonds. The third kappa shape index (κ3) is 6.47. The van der Waals surface area contributed by atoms with E-state index in [2.05, 4.69) is 76.1 Å². The number of likely N-dealkylation sites (tertiary alicyclic amines) is 1. The van der Waals surface area contributed by atoms with Gasteiger partial charge in [-0.3, -0.25) is 0 Å². The van der Waals surface area contributed by atoms with Crippen molar-refractivity contribution in [2.24, 2.45) is 0 Å². The number of hydrogen-bond acceptors (Lipinski definition) is 7. The molecule has 2 aliphatic heterocycles. The summed E-state index contributed by atoms with van der Waals surface area (Å²) in [6.07, 6.45) is 3.13. The number of halogens is 1. The van der Waals surface area contributed by atoms with Crippen LogP contribution in [0.4, 0.5) is 16.3 Å². The average molecular weight is 552 g/mol. The maximum absolute atomic E-state index is 11.9. The Balaban J connectivity index is 1.35. The third-order valence-corrected chi connectivity index (χ3v) is 7.82. The summed E-state index contributed by atoms with van der Waals surface area (Å²) in [6, 6.07) is 13.5. The fraction of sp³-hybridized carbons (Fsp3) is 0.483. The lowest BCUT2D eigenvalue weighted by Gasteiger charge is -2.32. The molecule has 0 radical (unpaired) electrons. The Morgan fingerprint density at radius 2 is 1.92 bits per heavy atom. The highest BCUT2D eigenvalue weighted by Crippen LogP contribution is 2.34. The number of rotatable bonds is 10. The zero-order valence-corrected chi connectivity index (χ0v) is 23.6. The predicted octanol–water partition coefficient (Wildman–Crippen LogP) is 3.92. The summed E-state index contributed by atoms with van der Waals surface area (Å²) in [7, 11) is 2.14. The Morgan fingerprint density at radius 3 is 2.72 bits per heavy atom. The van der Waals surface area contributed by atoms with Crippen molar-refractivity contribution in [1.82, 2.24) is 25.5 Å². The average Bonchev–Trinajstić information content (AvgIpc) is 3.36. The Kier molecular flexibility index (Phi) is 8.88. The number of amides is 2. The minimum absolute atomic E-state index is 0.229. The van der Waals surface area contributed by atoms with Crippen LogP contribution in [0.3, 0.4) is 0 Å². The molecule has 3 aromatic rings. The van der Waals surface area contributed by atoms with E-state index in [0.717, 1.165) is 43.0 Å². The van der Waals surface area contributed by atoms with E-state index in [4.69, 9.17) is 26.3 Å². The van der Waals surface area contributed by atoms with Gasteiger partial charge in [-0.2, -0.15) is 9.97 Å². The predicted molar refractivity (Wildman–Crippen MR) is 157 cm³/mol. The fourth-order valence-electron chi connectivity index (χ4n) is 5.53. The standard InChI is InChI=1S/C29H38ClN7O2/c1-20-6-3-7-21-8-4-10-25(26(20)21)37-17-11-23-24(18-37)34-29(39-19-22-9-5-16-36(22)2)35-27(23)31-14-15-33-28(38)32-13-12-30/h3-4,6-8,10,22H,5,9,11-19H2,1-2H3,(H,31,34,35)(H2,32,33,38)/t22-/m0/s1. The molecule has 2 aliphatic rings. The largest absolute Gasteiger partial charge is 0.462 e. The number of ether oxygens (including phenoxy) is 1. The number of carbonyl (C=O) groups excluding carboxylic acids is 1. The molecular formula is C29H38ClN7O2. The topological polar surface area (TPSA) is 94.7 Å². The van der Waals surface area contributed by atoms with Crippen LogP contribution in [0.25, 0.3) is 10.8 Å². The first-order valence-corrected chi connectivity index (χ1v) is 14.3. The van der Waals surface area contributed by atoms with E-state index >= 15 is 0 Å². The van der Waals surface area contributed by atoms with Crippen molar-refractivity contribution in [2.45, 2.75) is 38.8 Å². The summed E-state index contributed by atoms with van der Waals surface area (Å²) in [5.41, 5.74) is 4.59. The molecule has 1 aromatic heterocycles. The Bertz CT molecular complexity index is 1300. The highest BCUT2D eigenvalue weighted by Gasteiger charge is 2.26. The highest BCUT2D eigenvalue weighted by molar-refractivity contribution is 6.18. The van der Waals surface area contributed by atoms with Crippen LogP contribution in [-0.4, -0.2) is 79.2 Å². The SMILES string of the molecule is Cc1cccc2cccc(N3CCc4c(nc(OC[C@@H]5CCCN5C)nc4NCCNC(=O)NCCCl)C3)c12. The minimum atomic E-state index is -0.229. The van der Waals surface area contributed by atoms with Crippen LogP contribution in [0.2, 0.25) is 0 Å². The van der Waals surface area contributed by atoms with Gasteiger partial charge < -0.3 is 30.5 Å². The van der Waals surface area contributed by atoms with Crippen LogP contribution >= 0.6 is 11.6 Å². The monoisotopic (exact) mass is 551 g/mol. The molecule has 0 saturated carbocycles. The second-order valence-electron chi connectivity index (χ2n) is 10.3. The van der Waals surface area contributed by atoms with Gasteiger partial charge in [-0.1, -0.05) is 30.3 Å². The number of anilines is 2. The lowest BCUT2D eigenvalue weighted by atomic mass is 10.00. The normalized spacial score (nSPS) is 17.2. The first-order valence-electron chi connectivity index (χ1n) is 13.8. The van der Waals surface area contributed by atoms with E-state index in [1.165, 1.54) is 28.4 Å². The first kappa shape index (κ1) is 27.3. The molecule has 5 rings (SSSR count). The van der Waals surface area contributed by atoms with Gasteiger partial charge in [0.15, 0.2) is 0 Å². The van der Waals surface area contributed by atoms with Crippen LogP contribution in [0.15, 0.2) is 36.4 Å². The Hall–Kier alpha value is -3.30. The summed E-state index contributed by atoms with van der Waals surface area (Å²) in [6.45, 7) is 6.81. The summed E-state index contributed by atoms with van der Waals surface area (Å²) in [5, 5.41) is 11.5. The number of aromatic nitrogens is 2. The second kappa shape index (κ2) is 12.7. The minimum Gasteiger partial charge on any atom is -0.462 e. The number of urea groups is 1. The van der Waals surface area contributed by atoms with Crippen molar-refractivity contribution >= 4 is 39.9 Å². The van der Waals surface area contributed by atoms with E-state index in [9.17, 15) is 4.79 Å². The van der Waals surface area contributed by atoms with E-state index < -0.39 is 0 Å². The second-order valence-corrected chi connectivity index (χ2v) is 10.7. The number of nitrogens with zero attached hydrogens (tertiary/aromatic N) is 4. The van der Waals surface area contributed by atoms with Crippen molar-refractivity contribution < 1.29 is 9.53 Å². The van der Waals surface area contributed by atoms with Crippen LogP contribution in [0.5, 0.6) is 6.01 Å². The van der Waals surface area contributed by atoms with Gasteiger partial charge in [0, 0.05) is 54.7 Å². The molecule has 1 saturated heterocycles. The zero-order chi connectivity index (χ0) is 27.2. The number of alkyl halides is 1. The van der Waals surface area contributed by atoms with Crippen molar-refractivity contribution in [3.05, 3.63) is 53.2 Å². The van der Waals surface area contributed by atoms with E-state index in [1.807, 2.05) is 0 Å². The fourth-order valence-corrected chi connectivity index (χ4v) is 5.63. The quantitative estimate of drug-likeness (QED) is 0.260. The van der Waals surface area contributed by atoms with Crippen LogP contribution in [-0.2, 0) is 13.0 Å². The van der Waals surface area contributed by atoms with Gasteiger partial charge >= 0.3 is 12.0 Å². The molecule has 2 aromatic carbocycles. The number of hydrogen-bond donors (Lipinski definition) is 3. The third-order valence-electron chi connectivity index (χ3n) is 7.64. The van der Waals surface area contributed by atoms with Crippen LogP contribution < -0.4 is 25.6 Å². The molecule has 10 heteroatoms. The van der Waals surface area contributed by atoms with Crippen LogP contribution in [0.1, 0.15) is 29.7 Å². The van der Waals surface area contributed by atoms with Gasteiger partial charge in [-0.15, -0.1) is 11.6 Å². The molecule has 208 valence electrons. The van der Waals surface area contributed by atoms with E-state index in [1.54, 1.807) is 0 Å². The number of aryl methyl sites for hydroxylation is 1. The highest BCUT2D eigenvalue weighted by atomic mass is 35.5. The number of carbonyl (C=O) groups is 1.